The van der Waals surface area contributed by atoms with Crippen molar-refractivity contribution in [3.63, 3.8) is 0 Å². The van der Waals surface area contributed by atoms with Crippen LogP contribution in [0.4, 0.5) is 21.5 Å². The molecule has 0 aliphatic carbocycles. The van der Waals surface area contributed by atoms with E-state index in [0.29, 0.717) is 16.9 Å². The lowest BCUT2D eigenvalue weighted by molar-refractivity contribution is 0.628. The molecule has 3 rings (SSSR count). The molecule has 6 heteroatoms. The summed E-state index contributed by atoms with van der Waals surface area (Å²) in [6.07, 6.45) is 0. The Morgan fingerprint density at radius 1 is 1.05 bits per heavy atom. The van der Waals surface area contributed by atoms with Crippen LogP contribution in [-0.2, 0) is 0 Å². The van der Waals surface area contributed by atoms with Crippen molar-refractivity contribution in [2.45, 2.75) is 0 Å². The van der Waals surface area contributed by atoms with Gasteiger partial charge in [-0.3, -0.25) is 0 Å². The average Bonchev–Trinajstić information content (AvgIpc) is 2.72. The Balaban J connectivity index is 1.98. The smallest absolute Gasteiger partial charge is 0.323 e. The topological polar surface area (TPSA) is 86.7 Å². The normalized spacial score (nSPS) is 10.8. The van der Waals surface area contributed by atoms with E-state index < -0.39 is 0 Å². The first kappa shape index (κ1) is 11.3. The quantitative estimate of drug-likeness (QED) is 0.532. The Labute approximate surface area is 107 Å². The summed E-state index contributed by atoms with van der Waals surface area (Å²) in [6, 6.07) is 9.49. The first-order valence-corrected chi connectivity index (χ1v) is 5.66. The third-order valence-electron chi connectivity index (χ3n) is 2.81. The van der Waals surface area contributed by atoms with Crippen LogP contribution in [0, 0.1) is 5.82 Å². The number of rotatable bonds is 2. The van der Waals surface area contributed by atoms with Crippen LogP contribution in [-0.4, -0.2) is 9.97 Å². The second kappa shape index (κ2) is 4.16. The van der Waals surface area contributed by atoms with E-state index in [4.69, 9.17) is 5.73 Å². The molecule has 0 fully saturated rings. The van der Waals surface area contributed by atoms with Crippen molar-refractivity contribution in [2.75, 3.05) is 11.1 Å². The van der Waals surface area contributed by atoms with Gasteiger partial charge in [-0.1, -0.05) is 0 Å². The summed E-state index contributed by atoms with van der Waals surface area (Å²) in [7, 11) is 0. The summed E-state index contributed by atoms with van der Waals surface area (Å²) in [5, 5.41) is 3.07. The third-order valence-corrected chi connectivity index (χ3v) is 2.81. The molecule has 1 heterocycles. The van der Waals surface area contributed by atoms with Gasteiger partial charge in [0, 0.05) is 5.69 Å². The molecule has 5 nitrogen and oxygen atoms in total. The molecule has 0 atom stereocenters. The number of halogens is 1. The van der Waals surface area contributed by atoms with Crippen molar-refractivity contribution in [1.29, 1.82) is 0 Å². The minimum absolute atomic E-state index is 0.256. The van der Waals surface area contributed by atoms with Gasteiger partial charge in [0.15, 0.2) is 0 Å². The standard InChI is InChI=1S/C13H11FN4O/c14-7-1-3-10(9(15)5-7)16-8-2-4-11-12(6-8)18-13(19)17-11/h1-6,16H,15H2,(H2,17,18,19). The number of nitrogens with one attached hydrogen (secondary N) is 3. The van der Waals surface area contributed by atoms with Crippen LogP contribution in [0.25, 0.3) is 11.0 Å². The summed E-state index contributed by atoms with van der Waals surface area (Å²) >= 11 is 0. The highest BCUT2D eigenvalue weighted by molar-refractivity contribution is 5.81. The Morgan fingerprint density at radius 3 is 2.63 bits per heavy atom. The highest BCUT2D eigenvalue weighted by Crippen LogP contribution is 2.25. The van der Waals surface area contributed by atoms with Crippen LogP contribution >= 0.6 is 0 Å². The number of aromatic amines is 2. The lowest BCUT2D eigenvalue weighted by Gasteiger charge is -2.09. The second-order valence-electron chi connectivity index (χ2n) is 4.20. The van der Waals surface area contributed by atoms with Gasteiger partial charge in [-0.15, -0.1) is 0 Å². The van der Waals surface area contributed by atoms with Gasteiger partial charge in [0.25, 0.3) is 0 Å². The summed E-state index contributed by atoms with van der Waals surface area (Å²) in [4.78, 5) is 16.5. The fourth-order valence-electron chi connectivity index (χ4n) is 1.91. The number of hydrogen-bond acceptors (Lipinski definition) is 3. The summed E-state index contributed by atoms with van der Waals surface area (Å²) in [6.45, 7) is 0. The molecule has 0 aliphatic rings. The largest absolute Gasteiger partial charge is 0.397 e. The molecular weight excluding hydrogens is 247 g/mol. The highest BCUT2D eigenvalue weighted by Gasteiger charge is 2.03. The van der Waals surface area contributed by atoms with E-state index in [-0.39, 0.29) is 11.5 Å². The molecule has 96 valence electrons. The van der Waals surface area contributed by atoms with Crippen LogP contribution in [0.2, 0.25) is 0 Å². The monoisotopic (exact) mass is 258 g/mol. The maximum absolute atomic E-state index is 12.9. The molecule has 0 aliphatic heterocycles. The number of aromatic nitrogens is 2. The van der Waals surface area contributed by atoms with Crippen LogP contribution in [0.1, 0.15) is 0 Å². The first-order chi connectivity index (χ1) is 9.11. The van der Waals surface area contributed by atoms with E-state index >= 15 is 0 Å². The molecular formula is C13H11FN4O. The zero-order valence-corrected chi connectivity index (χ0v) is 9.83. The molecule has 0 radical (unpaired) electrons. The van der Waals surface area contributed by atoms with Crippen molar-refractivity contribution in [1.82, 2.24) is 9.97 Å². The van der Waals surface area contributed by atoms with Crippen molar-refractivity contribution in [3.05, 3.63) is 52.7 Å². The number of hydrogen-bond donors (Lipinski definition) is 4. The molecule has 1 aromatic heterocycles. The van der Waals surface area contributed by atoms with E-state index in [1.54, 1.807) is 24.3 Å². The molecule has 0 saturated carbocycles. The Morgan fingerprint density at radius 2 is 1.84 bits per heavy atom. The van der Waals surface area contributed by atoms with Crippen LogP contribution in [0.15, 0.2) is 41.2 Å². The molecule has 0 amide bonds. The Hall–Kier alpha value is -2.76. The maximum atomic E-state index is 12.9. The summed E-state index contributed by atoms with van der Waals surface area (Å²) in [5.41, 5.74) is 8.56. The molecule has 0 spiro atoms. The lowest BCUT2D eigenvalue weighted by Crippen LogP contribution is -1.99. The van der Waals surface area contributed by atoms with E-state index in [9.17, 15) is 9.18 Å². The molecule has 3 aromatic rings. The van der Waals surface area contributed by atoms with Gasteiger partial charge in [0.1, 0.15) is 5.82 Å². The van der Waals surface area contributed by atoms with E-state index in [0.717, 1.165) is 11.2 Å². The number of imidazole rings is 1. The van der Waals surface area contributed by atoms with E-state index in [1.807, 2.05) is 0 Å². The van der Waals surface area contributed by atoms with Crippen LogP contribution in [0.3, 0.4) is 0 Å². The molecule has 19 heavy (non-hydrogen) atoms. The average molecular weight is 258 g/mol. The van der Waals surface area contributed by atoms with Crippen molar-refractivity contribution in [2.24, 2.45) is 0 Å². The fraction of sp³-hybridized carbons (Fsp3) is 0. The van der Waals surface area contributed by atoms with Crippen molar-refractivity contribution in [3.8, 4) is 0 Å². The zero-order chi connectivity index (χ0) is 13.4. The predicted octanol–water partition coefficient (Wildman–Crippen LogP) is 2.32. The van der Waals surface area contributed by atoms with Gasteiger partial charge >= 0.3 is 5.69 Å². The number of nitrogens with two attached hydrogens (primary N) is 1. The van der Waals surface area contributed by atoms with E-state index in [2.05, 4.69) is 15.3 Å². The van der Waals surface area contributed by atoms with Gasteiger partial charge < -0.3 is 21.0 Å². The van der Waals surface area contributed by atoms with E-state index in [1.165, 1.54) is 12.1 Å². The van der Waals surface area contributed by atoms with Gasteiger partial charge in [-0.05, 0) is 36.4 Å². The molecule has 2 aromatic carbocycles. The molecule has 0 bridgehead atoms. The Bertz CT molecular complexity index is 806. The number of benzene rings is 2. The predicted molar refractivity (Wildman–Crippen MR) is 73.0 cm³/mol. The Kier molecular flexibility index (Phi) is 2.49. The minimum Gasteiger partial charge on any atom is -0.397 e. The minimum atomic E-state index is -0.381. The molecule has 5 N–H and O–H groups in total. The fourth-order valence-corrected chi connectivity index (χ4v) is 1.91. The highest BCUT2D eigenvalue weighted by atomic mass is 19.1. The zero-order valence-electron chi connectivity index (χ0n) is 9.83. The number of H-pyrrole nitrogens is 2. The molecule has 0 saturated heterocycles. The number of anilines is 3. The molecule has 0 unspecified atom stereocenters. The first-order valence-electron chi connectivity index (χ1n) is 5.66. The van der Waals surface area contributed by atoms with Gasteiger partial charge in [0.05, 0.1) is 22.4 Å². The third kappa shape index (κ3) is 2.15. The van der Waals surface area contributed by atoms with Crippen molar-refractivity contribution >= 4 is 28.1 Å². The van der Waals surface area contributed by atoms with Gasteiger partial charge in [-0.25, -0.2) is 9.18 Å². The summed E-state index contributed by atoms with van der Waals surface area (Å²) < 4.78 is 12.9. The number of fused-ring (bicyclic) bond motifs is 1. The maximum Gasteiger partial charge on any atom is 0.323 e. The second-order valence-corrected chi connectivity index (χ2v) is 4.20. The summed E-state index contributed by atoms with van der Waals surface area (Å²) in [5.74, 6) is -0.381. The van der Waals surface area contributed by atoms with Crippen molar-refractivity contribution < 1.29 is 4.39 Å². The van der Waals surface area contributed by atoms with Crippen LogP contribution < -0.4 is 16.7 Å². The lowest BCUT2D eigenvalue weighted by atomic mass is 10.2. The SMILES string of the molecule is Nc1cc(F)ccc1Nc1ccc2[nH]c(=O)[nH]c2c1. The van der Waals surface area contributed by atoms with Gasteiger partial charge in [-0.2, -0.15) is 0 Å². The van der Waals surface area contributed by atoms with Crippen LogP contribution in [0.5, 0.6) is 0 Å². The van der Waals surface area contributed by atoms with Gasteiger partial charge in [0.2, 0.25) is 0 Å². The number of nitrogen functional groups attached to an aromatic ring is 1.